The number of thiophene rings is 1. The maximum absolute atomic E-state index is 13.4. The first-order valence-electron chi connectivity index (χ1n) is 14.7. The number of halogens is 1. The third-order valence-electron chi connectivity index (χ3n) is 7.78. The highest BCUT2D eigenvalue weighted by Crippen LogP contribution is 2.29. The largest absolute Gasteiger partial charge is 0.356 e. The number of hydrogen-bond acceptors (Lipinski definition) is 7. The highest BCUT2D eigenvalue weighted by Gasteiger charge is 2.38. The molecule has 2 N–H and O–H groups in total. The molecule has 3 saturated heterocycles. The molecule has 4 heterocycles. The number of sulfonamides is 1. The number of likely N-dealkylation sites (tertiary alicyclic amines) is 3. The lowest BCUT2D eigenvalue weighted by molar-refractivity contribution is -0.145. The predicted molar refractivity (Wildman–Crippen MR) is 169 cm³/mol. The highest BCUT2D eigenvalue weighted by molar-refractivity contribution is 7.92. The van der Waals surface area contributed by atoms with Gasteiger partial charge in [0.2, 0.25) is 21.8 Å². The van der Waals surface area contributed by atoms with E-state index in [2.05, 4.69) is 33.9 Å². The molecular formula is C28H44ClN7O4S2. The molecule has 2 amide bonds. The van der Waals surface area contributed by atoms with Crippen molar-refractivity contribution < 1.29 is 18.0 Å². The van der Waals surface area contributed by atoms with Crippen molar-refractivity contribution in [3.8, 4) is 0 Å². The number of carbonyl (C=O) groups excluding carboxylic acids is 2. The summed E-state index contributed by atoms with van der Waals surface area (Å²) in [7, 11) is 0.302. The van der Waals surface area contributed by atoms with Crippen molar-refractivity contribution in [2.45, 2.75) is 38.6 Å². The van der Waals surface area contributed by atoms with E-state index in [1.165, 1.54) is 22.3 Å². The summed E-state index contributed by atoms with van der Waals surface area (Å²) in [5, 5.41) is 4.59. The molecule has 14 heteroatoms. The maximum Gasteiger partial charge on any atom is 0.242 e. The normalized spacial score (nSPS) is 23.7. The summed E-state index contributed by atoms with van der Waals surface area (Å²) >= 11 is 7.18. The fourth-order valence-corrected chi connectivity index (χ4v) is 8.02. The minimum Gasteiger partial charge on any atom is -0.356 e. The minimum atomic E-state index is -3.85. The van der Waals surface area contributed by atoms with Crippen LogP contribution in [0.1, 0.15) is 37.5 Å². The molecule has 11 nitrogen and oxygen atoms in total. The van der Waals surface area contributed by atoms with Gasteiger partial charge in [0.1, 0.15) is 6.04 Å². The molecule has 42 heavy (non-hydrogen) atoms. The molecule has 3 aliphatic rings. The Morgan fingerprint density at radius 2 is 1.90 bits per heavy atom. The minimum absolute atomic E-state index is 0.0281. The van der Waals surface area contributed by atoms with Crippen molar-refractivity contribution >= 4 is 56.8 Å². The number of amides is 2. The van der Waals surface area contributed by atoms with Crippen molar-refractivity contribution in [3.63, 3.8) is 0 Å². The fraction of sp³-hybridized carbons (Fsp3) is 0.679. The summed E-state index contributed by atoms with van der Waals surface area (Å²) in [4.78, 5) is 39.9. The summed E-state index contributed by atoms with van der Waals surface area (Å²) < 4.78 is 28.3. The lowest BCUT2D eigenvalue weighted by Gasteiger charge is -2.47. The summed E-state index contributed by atoms with van der Waals surface area (Å²) in [5.41, 5.74) is 0. The number of hydrogen-bond donors (Lipinski definition) is 2. The van der Waals surface area contributed by atoms with Crippen molar-refractivity contribution in [1.29, 1.82) is 0 Å². The predicted octanol–water partition coefficient (Wildman–Crippen LogP) is 1.98. The van der Waals surface area contributed by atoms with Crippen LogP contribution in [0.15, 0.2) is 22.5 Å². The van der Waals surface area contributed by atoms with Crippen molar-refractivity contribution in [2.75, 3.05) is 73.0 Å². The number of guanidine groups is 1. The average Bonchev–Trinajstić information content (AvgIpc) is 3.35. The van der Waals surface area contributed by atoms with Crippen LogP contribution >= 0.6 is 22.9 Å². The highest BCUT2D eigenvalue weighted by atomic mass is 35.5. The topological polar surface area (TPSA) is 118 Å². The molecule has 2 bridgehead atoms. The maximum atomic E-state index is 13.4. The Hall–Kier alpha value is -2.19. The van der Waals surface area contributed by atoms with Crippen LogP contribution < -0.4 is 10.0 Å². The second-order valence-electron chi connectivity index (χ2n) is 11.6. The zero-order valence-electron chi connectivity index (χ0n) is 24.8. The van der Waals surface area contributed by atoms with Crippen molar-refractivity contribution in [2.24, 2.45) is 16.8 Å². The smallest absolute Gasteiger partial charge is 0.242 e. The Morgan fingerprint density at radius 1 is 1.19 bits per heavy atom. The van der Waals surface area contributed by atoms with Crippen LogP contribution in [-0.4, -0.2) is 125 Å². The van der Waals surface area contributed by atoms with E-state index in [1.54, 1.807) is 12.1 Å². The second kappa shape index (κ2) is 15.0. The van der Waals surface area contributed by atoms with E-state index >= 15 is 0 Å². The third-order valence-corrected chi connectivity index (χ3v) is 10.1. The van der Waals surface area contributed by atoms with Gasteiger partial charge in [-0.1, -0.05) is 11.6 Å². The molecule has 0 aromatic carbocycles. The molecule has 0 aliphatic carbocycles. The molecule has 1 aromatic heterocycles. The van der Waals surface area contributed by atoms with Gasteiger partial charge in [-0.15, -0.1) is 11.3 Å². The molecule has 0 radical (unpaired) electrons. The molecule has 3 atom stereocenters. The van der Waals surface area contributed by atoms with E-state index in [-0.39, 0.29) is 18.4 Å². The van der Waals surface area contributed by atoms with E-state index in [4.69, 9.17) is 16.6 Å². The molecule has 0 spiro atoms. The van der Waals surface area contributed by atoms with Gasteiger partial charge in [0.25, 0.3) is 0 Å². The lowest BCUT2D eigenvalue weighted by Crippen LogP contribution is -2.59. The lowest BCUT2D eigenvalue weighted by atomic mass is 9.84. The van der Waals surface area contributed by atoms with E-state index in [0.717, 1.165) is 50.4 Å². The number of nitrogens with zero attached hydrogens (tertiary/aromatic N) is 5. The fourth-order valence-electron chi connectivity index (χ4n) is 5.95. The third kappa shape index (κ3) is 9.40. The molecular weight excluding hydrogens is 598 g/mol. The van der Waals surface area contributed by atoms with E-state index in [1.807, 2.05) is 11.8 Å². The SMILES string of the molecule is CC/N=C(\NCCCN(C)C)N1CC2CC(CN(C(=O)CN3CCC[C@H](NS(=O)(=O)/C=C/c4ccc(Cl)s4)C3=O)C2)C1. The number of carbonyl (C=O) groups is 2. The van der Waals surface area contributed by atoms with Crippen LogP contribution in [0.3, 0.4) is 0 Å². The van der Waals surface area contributed by atoms with Crippen LogP contribution in [0.5, 0.6) is 0 Å². The Bertz CT molecular complexity index is 1240. The number of aliphatic imine (C=N–C) groups is 1. The monoisotopic (exact) mass is 641 g/mol. The van der Waals surface area contributed by atoms with Gasteiger partial charge in [-0.3, -0.25) is 14.6 Å². The van der Waals surface area contributed by atoms with Gasteiger partial charge >= 0.3 is 0 Å². The van der Waals surface area contributed by atoms with Crippen LogP contribution in [-0.2, 0) is 19.6 Å². The van der Waals surface area contributed by atoms with Crippen LogP contribution in [0.25, 0.3) is 6.08 Å². The van der Waals surface area contributed by atoms with E-state index < -0.39 is 16.1 Å². The Morgan fingerprint density at radius 3 is 2.55 bits per heavy atom. The molecule has 3 fully saturated rings. The molecule has 2 unspecified atom stereocenters. The Balaban J connectivity index is 1.28. The zero-order valence-corrected chi connectivity index (χ0v) is 27.2. The summed E-state index contributed by atoms with van der Waals surface area (Å²) in [6.45, 7) is 8.06. The van der Waals surface area contributed by atoms with Gasteiger partial charge in [-0.2, -0.15) is 4.72 Å². The van der Waals surface area contributed by atoms with Crippen molar-refractivity contribution in [1.82, 2.24) is 29.6 Å². The molecule has 1 aromatic rings. The van der Waals surface area contributed by atoms with Crippen molar-refractivity contribution in [3.05, 3.63) is 26.8 Å². The van der Waals surface area contributed by atoms with Gasteiger partial charge in [-0.25, -0.2) is 8.42 Å². The summed E-state index contributed by atoms with van der Waals surface area (Å²) in [6, 6.07) is 2.54. The summed E-state index contributed by atoms with van der Waals surface area (Å²) in [5.74, 6) is 1.21. The molecule has 234 valence electrons. The molecule has 3 aliphatic heterocycles. The molecule has 0 saturated carbocycles. The second-order valence-corrected chi connectivity index (χ2v) is 15.0. The van der Waals surface area contributed by atoms with Gasteiger partial charge in [-0.05, 0) is 83.3 Å². The molecule has 4 rings (SSSR count). The van der Waals surface area contributed by atoms with Gasteiger partial charge in [0, 0.05) is 56.1 Å². The average molecular weight is 642 g/mol. The zero-order chi connectivity index (χ0) is 30.3. The first-order chi connectivity index (χ1) is 20.0. The first kappa shape index (κ1) is 32.7. The van der Waals surface area contributed by atoms with E-state index in [9.17, 15) is 18.0 Å². The first-order valence-corrected chi connectivity index (χ1v) is 17.5. The number of rotatable bonds is 11. The van der Waals surface area contributed by atoms with E-state index in [0.29, 0.717) is 60.1 Å². The Kier molecular flexibility index (Phi) is 11.7. The Labute approximate surface area is 259 Å². The van der Waals surface area contributed by atoms with Gasteiger partial charge in [0.05, 0.1) is 10.9 Å². The standard InChI is InChI=1S/C28H44ClN7O4S2/c1-4-30-28(31-11-6-12-33(2)3)36-18-21-15-22(19-36)17-35(16-21)26(37)20-34-13-5-7-24(27(34)38)32-42(39,40)14-10-23-8-9-25(29)41-23/h8-10,14,21-22,24,32H,4-7,11-13,15-20H2,1-3H3,(H,30,31)/b14-10+/t21?,22?,24-/m0/s1. The van der Waals surface area contributed by atoms with Gasteiger partial charge < -0.3 is 24.9 Å². The number of nitrogens with one attached hydrogen (secondary N) is 2. The van der Waals surface area contributed by atoms with Crippen LogP contribution in [0.4, 0.5) is 0 Å². The number of piperidine rings is 3. The quantitative estimate of drug-likeness (QED) is 0.216. The van der Waals surface area contributed by atoms with Gasteiger partial charge in [0.15, 0.2) is 5.96 Å². The summed E-state index contributed by atoms with van der Waals surface area (Å²) in [6.07, 6.45) is 4.60. The van der Waals surface area contributed by atoms with Crippen LogP contribution in [0, 0.1) is 11.8 Å². The number of fused-ring (bicyclic) bond motifs is 2. The van der Waals surface area contributed by atoms with Crippen LogP contribution in [0.2, 0.25) is 4.34 Å².